The van der Waals surface area contributed by atoms with E-state index in [0.717, 1.165) is 6.07 Å². The van der Waals surface area contributed by atoms with Crippen LogP contribution in [-0.4, -0.2) is 4.99 Å². The Bertz CT molecular complexity index is 692. The molecule has 2 aromatic rings. The molecule has 0 saturated carbocycles. The molecule has 0 spiro atoms. The van der Waals surface area contributed by atoms with Gasteiger partial charge in [-0.15, -0.1) is 0 Å². The van der Waals surface area contributed by atoms with Crippen molar-refractivity contribution in [2.24, 2.45) is 5.73 Å². The van der Waals surface area contributed by atoms with Crippen LogP contribution < -0.4 is 11.1 Å². The molecule has 0 fully saturated rings. The van der Waals surface area contributed by atoms with E-state index in [1.165, 1.54) is 24.3 Å². The molecule has 0 atom stereocenters. The average Bonchev–Trinajstić information content (AvgIpc) is 2.39. The summed E-state index contributed by atoms with van der Waals surface area (Å²) < 4.78 is 41.1. The van der Waals surface area contributed by atoms with Crippen LogP contribution in [0, 0.1) is 17.5 Å². The Morgan fingerprint density at radius 2 is 1.80 bits per heavy atom. The maximum Gasteiger partial charge on any atom is 0.182 e. The summed E-state index contributed by atoms with van der Waals surface area (Å²) in [6.07, 6.45) is 0. The van der Waals surface area contributed by atoms with Gasteiger partial charge in [-0.1, -0.05) is 12.2 Å². The van der Waals surface area contributed by atoms with Gasteiger partial charge in [0.2, 0.25) is 0 Å². The van der Waals surface area contributed by atoms with Gasteiger partial charge in [-0.25, -0.2) is 13.2 Å². The van der Waals surface area contributed by atoms with E-state index in [2.05, 4.69) is 33.5 Å². The number of nitrogens with two attached hydrogens (primary N) is 1. The van der Waals surface area contributed by atoms with E-state index in [1.54, 1.807) is 0 Å². The molecule has 0 heterocycles. The highest BCUT2D eigenvalue weighted by Gasteiger charge is 2.15. The zero-order valence-electron chi connectivity index (χ0n) is 9.88. The van der Waals surface area contributed by atoms with Gasteiger partial charge in [0, 0.05) is 11.3 Å². The fourth-order valence-corrected chi connectivity index (χ4v) is 1.97. The molecule has 0 amide bonds. The molecule has 0 saturated heterocycles. The Hall–Kier alpha value is -1.60. The highest BCUT2D eigenvalue weighted by Crippen LogP contribution is 2.26. The van der Waals surface area contributed by atoms with Crippen LogP contribution in [0.15, 0.2) is 34.8 Å². The SMILES string of the molecule is NC(=S)c1ccc(Nc2ccc(Br)c(F)c2)c(F)c1F. The monoisotopic (exact) mass is 360 g/mol. The van der Waals surface area contributed by atoms with E-state index in [-0.39, 0.29) is 26.4 Å². The Labute approximate surface area is 126 Å². The van der Waals surface area contributed by atoms with E-state index >= 15 is 0 Å². The Kier molecular flexibility index (Phi) is 4.29. The minimum atomic E-state index is -1.14. The van der Waals surface area contributed by atoms with E-state index in [1.807, 2.05) is 0 Å². The number of hydrogen-bond donors (Lipinski definition) is 2. The summed E-state index contributed by atoms with van der Waals surface area (Å²) in [6.45, 7) is 0. The Balaban J connectivity index is 2.37. The summed E-state index contributed by atoms with van der Waals surface area (Å²) in [4.78, 5) is -0.234. The number of hydrogen-bond acceptors (Lipinski definition) is 2. The van der Waals surface area contributed by atoms with Gasteiger partial charge < -0.3 is 11.1 Å². The van der Waals surface area contributed by atoms with Crippen molar-refractivity contribution in [3.63, 3.8) is 0 Å². The first-order chi connectivity index (χ1) is 9.40. The van der Waals surface area contributed by atoms with Crippen molar-refractivity contribution in [1.29, 1.82) is 0 Å². The predicted octanol–water partition coefficient (Wildman–Crippen LogP) is 4.24. The van der Waals surface area contributed by atoms with Crippen molar-refractivity contribution in [1.82, 2.24) is 0 Å². The Morgan fingerprint density at radius 3 is 2.40 bits per heavy atom. The van der Waals surface area contributed by atoms with Gasteiger partial charge in [0.1, 0.15) is 10.8 Å². The van der Waals surface area contributed by atoms with Crippen molar-refractivity contribution in [3.8, 4) is 0 Å². The molecule has 2 rings (SSSR count). The minimum Gasteiger partial charge on any atom is -0.389 e. The van der Waals surface area contributed by atoms with Crippen LogP contribution in [-0.2, 0) is 0 Å². The molecule has 0 radical (unpaired) electrons. The molecule has 2 nitrogen and oxygen atoms in total. The molecule has 104 valence electrons. The van der Waals surface area contributed by atoms with Gasteiger partial charge in [-0.2, -0.15) is 0 Å². The van der Waals surface area contributed by atoms with Gasteiger partial charge in [0.25, 0.3) is 0 Å². The lowest BCUT2D eigenvalue weighted by molar-refractivity contribution is 0.510. The lowest BCUT2D eigenvalue weighted by atomic mass is 10.1. The van der Waals surface area contributed by atoms with Crippen molar-refractivity contribution in [3.05, 3.63) is 57.8 Å². The lowest BCUT2D eigenvalue weighted by Gasteiger charge is -2.10. The van der Waals surface area contributed by atoms with Crippen molar-refractivity contribution in [2.45, 2.75) is 0 Å². The zero-order chi connectivity index (χ0) is 14.9. The first-order valence-corrected chi connectivity index (χ1v) is 6.60. The van der Waals surface area contributed by atoms with Crippen LogP contribution in [0.4, 0.5) is 24.5 Å². The van der Waals surface area contributed by atoms with Gasteiger partial charge in [0.05, 0.1) is 10.2 Å². The molecule has 0 aliphatic rings. The van der Waals surface area contributed by atoms with Crippen molar-refractivity contribution in [2.75, 3.05) is 5.32 Å². The maximum atomic E-state index is 13.8. The minimum absolute atomic E-state index is 0.135. The van der Waals surface area contributed by atoms with Gasteiger partial charge in [-0.05, 0) is 46.3 Å². The highest BCUT2D eigenvalue weighted by molar-refractivity contribution is 9.10. The lowest BCUT2D eigenvalue weighted by Crippen LogP contribution is -2.13. The molecule has 7 heteroatoms. The van der Waals surface area contributed by atoms with Crippen LogP contribution >= 0.6 is 28.1 Å². The molecular formula is C13H8BrF3N2S. The fraction of sp³-hybridized carbons (Fsp3) is 0. The van der Waals surface area contributed by atoms with Crippen molar-refractivity contribution < 1.29 is 13.2 Å². The molecule has 2 aromatic carbocycles. The average molecular weight is 361 g/mol. The smallest absolute Gasteiger partial charge is 0.182 e. The molecule has 3 N–H and O–H groups in total. The van der Waals surface area contributed by atoms with Crippen LogP contribution in [0.3, 0.4) is 0 Å². The second kappa shape index (κ2) is 5.80. The van der Waals surface area contributed by atoms with Crippen molar-refractivity contribution >= 4 is 44.5 Å². The second-order valence-corrected chi connectivity index (χ2v) is 5.20. The number of rotatable bonds is 3. The molecule has 0 unspecified atom stereocenters. The van der Waals surface area contributed by atoms with Crippen LogP contribution in [0.2, 0.25) is 0 Å². The summed E-state index contributed by atoms with van der Waals surface area (Å²) in [5, 5.41) is 2.59. The highest BCUT2D eigenvalue weighted by atomic mass is 79.9. The zero-order valence-corrected chi connectivity index (χ0v) is 12.3. The Morgan fingerprint density at radius 1 is 1.10 bits per heavy atom. The fourth-order valence-electron chi connectivity index (χ4n) is 1.57. The third-order valence-corrected chi connectivity index (χ3v) is 3.41. The number of benzene rings is 2. The van der Waals surface area contributed by atoms with Gasteiger partial charge in [-0.3, -0.25) is 0 Å². The first kappa shape index (κ1) is 14.8. The number of nitrogens with one attached hydrogen (secondary N) is 1. The summed E-state index contributed by atoms with van der Waals surface area (Å²) in [5.41, 5.74) is 5.25. The van der Waals surface area contributed by atoms with Gasteiger partial charge in [0.15, 0.2) is 11.6 Å². The number of anilines is 2. The number of thiocarbonyl (C=S) groups is 1. The third-order valence-electron chi connectivity index (χ3n) is 2.55. The van der Waals surface area contributed by atoms with Crippen LogP contribution in [0.25, 0.3) is 0 Å². The van der Waals surface area contributed by atoms with Crippen LogP contribution in [0.1, 0.15) is 5.56 Å². The topological polar surface area (TPSA) is 38.0 Å². The largest absolute Gasteiger partial charge is 0.389 e. The maximum absolute atomic E-state index is 13.8. The summed E-state index contributed by atoms with van der Waals surface area (Å²) in [5.74, 6) is -2.78. The van der Waals surface area contributed by atoms with E-state index in [0.29, 0.717) is 0 Å². The number of halogens is 4. The summed E-state index contributed by atoms with van der Waals surface area (Å²) in [6, 6.07) is 6.68. The first-order valence-electron chi connectivity index (χ1n) is 5.40. The van der Waals surface area contributed by atoms with E-state index < -0.39 is 17.5 Å². The van der Waals surface area contributed by atoms with E-state index in [4.69, 9.17) is 5.73 Å². The van der Waals surface area contributed by atoms with Crippen LogP contribution in [0.5, 0.6) is 0 Å². The summed E-state index contributed by atoms with van der Waals surface area (Å²) >= 11 is 7.61. The summed E-state index contributed by atoms with van der Waals surface area (Å²) in [7, 11) is 0. The van der Waals surface area contributed by atoms with Gasteiger partial charge >= 0.3 is 0 Å². The normalized spacial score (nSPS) is 10.4. The molecule has 0 bridgehead atoms. The predicted molar refractivity (Wildman–Crippen MR) is 79.6 cm³/mol. The quantitative estimate of drug-likeness (QED) is 0.803. The molecule has 0 aliphatic heterocycles. The molecule has 20 heavy (non-hydrogen) atoms. The molecular weight excluding hydrogens is 353 g/mol. The third kappa shape index (κ3) is 2.94. The molecule has 0 aromatic heterocycles. The molecule has 0 aliphatic carbocycles. The van der Waals surface area contributed by atoms with E-state index in [9.17, 15) is 13.2 Å². The second-order valence-electron chi connectivity index (χ2n) is 3.91. The standard InChI is InChI=1S/C13H8BrF3N2S/c14-8-3-1-6(5-9(8)15)19-10-4-2-7(13(18)20)11(16)12(10)17/h1-5,19H,(H2,18,20).